The monoisotopic (exact) mass is 682 g/mol. The Balaban J connectivity index is 0.000000195. The first-order valence-electron chi connectivity index (χ1n) is 17.7. The van der Waals surface area contributed by atoms with Gasteiger partial charge in [0.25, 0.3) is 0 Å². The molecule has 2 saturated heterocycles. The summed E-state index contributed by atoms with van der Waals surface area (Å²) in [5.41, 5.74) is 13.8. The summed E-state index contributed by atoms with van der Waals surface area (Å²) >= 11 is 0. The molecule has 0 radical (unpaired) electrons. The van der Waals surface area contributed by atoms with Crippen LogP contribution in [-0.2, 0) is 9.47 Å². The van der Waals surface area contributed by atoms with Crippen molar-refractivity contribution in [2.75, 3.05) is 39.6 Å². The van der Waals surface area contributed by atoms with E-state index < -0.39 is 6.10 Å². The Bertz CT molecular complexity index is 1650. The van der Waals surface area contributed by atoms with Gasteiger partial charge in [-0.1, -0.05) is 0 Å². The van der Waals surface area contributed by atoms with E-state index in [4.69, 9.17) is 28.4 Å². The minimum Gasteiger partial charge on any atom is -0.493 e. The minimum atomic E-state index is -0.479. The van der Waals surface area contributed by atoms with Crippen LogP contribution in [0.2, 0.25) is 0 Å². The third-order valence-electron chi connectivity index (χ3n) is 8.90. The van der Waals surface area contributed by atoms with Gasteiger partial charge in [-0.15, -0.1) is 0 Å². The van der Waals surface area contributed by atoms with Crippen molar-refractivity contribution in [2.45, 2.75) is 87.5 Å². The molecule has 0 amide bonds. The molecular weight excluding hydrogens is 628 g/mol. The van der Waals surface area contributed by atoms with Crippen LogP contribution in [-0.4, -0.2) is 63.1 Å². The molecule has 4 aromatic carbocycles. The summed E-state index contributed by atoms with van der Waals surface area (Å²) in [6.45, 7) is 24.3. The number of rotatable bonds is 13. The summed E-state index contributed by atoms with van der Waals surface area (Å²) < 4.78 is 33.8. The van der Waals surface area contributed by atoms with E-state index >= 15 is 0 Å². The second kappa shape index (κ2) is 16.3. The molecule has 2 fully saturated rings. The van der Waals surface area contributed by atoms with Gasteiger partial charge in [0.15, 0.2) is 0 Å². The Morgan fingerprint density at radius 1 is 0.520 bits per heavy atom. The van der Waals surface area contributed by atoms with Gasteiger partial charge in [-0.3, -0.25) is 0 Å². The summed E-state index contributed by atoms with van der Waals surface area (Å²) in [7, 11) is 0. The van der Waals surface area contributed by atoms with Gasteiger partial charge in [0, 0.05) is 0 Å². The molecule has 6 rings (SSSR count). The highest BCUT2D eigenvalue weighted by Crippen LogP contribution is 2.36. The summed E-state index contributed by atoms with van der Waals surface area (Å²) in [4.78, 5) is 0. The maximum Gasteiger partial charge on any atom is 0.125 e. The second-order valence-corrected chi connectivity index (χ2v) is 13.9. The van der Waals surface area contributed by atoms with Crippen molar-refractivity contribution in [2.24, 2.45) is 0 Å². The van der Waals surface area contributed by atoms with Crippen molar-refractivity contribution >= 4 is 0 Å². The highest BCUT2D eigenvalue weighted by Gasteiger charge is 2.25. The Hall–Kier alpha value is -4.04. The van der Waals surface area contributed by atoms with Gasteiger partial charge in [0.05, 0.1) is 25.9 Å². The molecule has 0 saturated carbocycles. The van der Waals surface area contributed by atoms with E-state index in [1.165, 1.54) is 27.8 Å². The molecule has 268 valence electrons. The summed E-state index contributed by atoms with van der Waals surface area (Å²) in [6.07, 6.45) is 0.0557. The number of hydrogen-bond acceptors (Lipinski definition) is 7. The Morgan fingerprint density at radius 2 is 0.780 bits per heavy atom. The number of epoxide rings is 2. The smallest absolute Gasteiger partial charge is 0.125 e. The van der Waals surface area contributed by atoms with E-state index in [0.29, 0.717) is 26.4 Å². The van der Waals surface area contributed by atoms with Gasteiger partial charge >= 0.3 is 0 Å². The van der Waals surface area contributed by atoms with Crippen molar-refractivity contribution in [1.82, 2.24) is 0 Å². The SMILES string of the molecule is CCOc1c(C)cc(-c2cc(C)c(OCC3CO3)c(C)c2)cc1C.Cc1cc(-c2cc(C)c(OCC3CO3)c(C)c2)cc(C)c1OCC(C)O. The van der Waals surface area contributed by atoms with Crippen LogP contribution in [0.3, 0.4) is 0 Å². The standard InChI is InChI=1S/C22H28O4.C21H26O3/c1-13-6-18(7-14(2)21(13)25-10-17(5)23)19-8-15(3)22(16(4)9-19)26-12-20-11-24-20;1-6-22-20-13(2)7-17(8-14(20)3)18-9-15(4)21(16(5)10-18)24-12-19-11-23-19/h6-9,17,20,23H,10-12H2,1-5H3;7-10,19H,6,11-12H2,1-5H3. The Labute approximate surface area is 298 Å². The first kappa shape index (κ1) is 37.2. The highest BCUT2D eigenvalue weighted by molar-refractivity contribution is 5.71. The van der Waals surface area contributed by atoms with E-state index in [1.54, 1.807) is 6.92 Å². The number of hydrogen-bond donors (Lipinski definition) is 1. The lowest BCUT2D eigenvalue weighted by atomic mass is 9.96. The number of aliphatic hydroxyl groups excluding tert-OH is 1. The van der Waals surface area contributed by atoms with Crippen LogP contribution in [0.25, 0.3) is 22.3 Å². The molecule has 7 nitrogen and oxygen atoms in total. The van der Waals surface area contributed by atoms with Gasteiger partial charge in [-0.2, -0.15) is 0 Å². The van der Waals surface area contributed by atoms with Gasteiger partial charge in [0.1, 0.15) is 55.0 Å². The average molecular weight is 683 g/mol. The molecule has 2 aliphatic heterocycles. The number of benzene rings is 4. The van der Waals surface area contributed by atoms with Crippen molar-refractivity contribution in [1.29, 1.82) is 0 Å². The van der Waals surface area contributed by atoms with Crippen LogP contribution in [0.4, 0.5) is 0 Å². The van der Waals surface area contributed by atoms with Gasteiger partial charge in [0.2, 0.25) is 0 Å². The fourth-order valence-corrected chi connectivity index (χ4v) is 6.41. The van der Waals surface area contributed by atoms with Crippen LogP contribution in [0.15, 0.2) is 48.5 Å². The predicted octanol–water partition coefficient (Wildman–Crippen LogP) is 8.89. The molecule has 0 spiro atoms. The molecule has 4 aromatic rings. The van der Waals surface area contributed by atoms with Gasteiger partial charge in [-0.25, -0.2) is 0 Å². The zero-order valence-electron chi connectivity index (χ0n) is 31.5. The number of ether oxygens (including phenoxy) is 6. The van der Waals surface area contributed by atoms with Crippen LogP contribution >= 0.6 is 0 Å². The number of aliphatic hydroxyl groups is 1. The first-order valence-corrected chi connectivity index (χ1v) is 17.7. The van der Waals surface area contributed by atoms with E-state index in [2.05, 4.69) is 90.1 Å². The Morgan fingerprint density at radius 3 is 1.02 bits per heavy atom. The largest absolute Gasteiger partial charge is 0.493 e. The number of aryl methyl sites for hydroxylation is 8. The third kappa shape index (κ3) is 9.59. The average Bonchev–Trinajstić information content (AvgIpc) is 3.98. The highest BCUT2D eigenvalue weighted by atomic mass is 16.6. The van der Waals surface area contributed by atoms with Crippen LogP contribution in [0, 0.1) is 55.4 Å². The van der Waals surface area contributed by atoms with E-state index in [1.807, 2.05) is 20.8 Å². The van der Waals surface area contributed by atoms with E-state index in [9.17, 15) is 5.11 Å². The van der Waals surface area contributed by atoms with E-state index in [0.717, 1.165) is 75.2 Å². The fraction of sp³-hybridized carbons (Fsp3) is 0.442. The molecule has 3 unspecified atom stereocenters. The molecular formula is C43H54O7. The third-order valence-corrected chi connectivity index (χ3v) is 8.90. The summed E-state index contributed by atoms with van der Waals surface area (Å²) in [6, 6.07) is 17.4. The summed E-state index contributed by atoms with van der Waals surface area (Å²) in [5.74, 6) is 3.79. The topological polar surface area (TPSA) is 82.2 Å². The van der Waals surface area contributed by atoms with Gasteiger partial charge in [-0.05, 0) is 185 Å². The lowest BCUT2D eigenvalue weighted by Gasteiger charge is -2.17. The molecule has 2 aliphatic rings. The first-order chi connectivity index (χ1) is 23.8. The predicted molar refractivity (Wildman–Crippen MR) is 200 cm³/mol. The summed E-state index contributed by atoms with van der Waals surface area (Å²) in [5, 5.41) is 9.45. The maximum absolute atomic E-state index is 9.45. The molecule has 0 bridgehead atoms. The zero-order chi connectivity index (χ0) is 36.1. The van der Waals surface area contributed by atoms with Gasteiger partial charge < -0.3 is 33.5 Å². The zero-order valence-corrected chi connectivity index (χ0v) is 31.5. The molecule has 3 atom stereocenters. The van der Waals surface area contributed by atoms with Crippen molar-refractivity contribution in [3.8, 4) is 45.3 Å². The van der Waals surface area contributed by atoms with Crippen molar-refractivity contribution < 1.29 is 33.5 Å². The van der Waals surface area contributed by atoms with Crippen molar-refractivity contribution in [3.05, 3.63) is 93.0 Å². The molecule has 0 aromatic heterocycles. The fourth-order valence-electron chi connectivity index (χ4n) is 6.41. The van der Waals surface area contributed by atoms with Crippen LogP contribution < -0.4 is 18.9 Å². The molecule has 7 heteroatoms. The quantitative estimate of drug-likeness (QED) is 0.141. The molecule has 1 N–H and O–H groups in total. The molecule has 50 heavy (non-hydrogen) atoms. The Kier molecular flexibility index (Phi) is 12.2. The molecule has 2 heterocycles. The minimum absolute atomic E-state index is 0.257. The van der Waals surface area contributed by atoms with Crippen molar-refractivity contribution in [3.63, 3.8) is 0 Å². The molecule has 0 aliphatic carbocycles. The lowest BCUT2D eigenvalue weighted by molar-refractivity contribution is 0.122. The normalized spacial score (nSPS) is 16.6. The van der Waals surface area contributed by atoms with E-state index in [-0.39, 0.29) is 12.2 Å². The second-order valence-electron chi connectivity index (χ2n) is 13.9. The van der Waals surface area contributed by atoms with Crippen LogP contribution in [0.1, 0.15) is 58.4 Å². The lowest BCUT2D eigenvalue weighted by Crippen LogP contribution is -2.14. The maximum atomic E-state index is 9.45. The van der Waals surface area contributed by atoms with Crippen LogP contribution in [0.5, 0.6) is 23.0 Å².